The van der Waals surface area contributed by atoms with Crippen LogP contribution in [0.3, 0.4) is 0 Å². The number of hydrogen-bond acceptors (Lipinski definition) is 3. The van der Waals surface area contributed by atoms with E-state index in [0.717, 1.165) is 46.2 Å². The molecule has 0 aromatic heterocycles. The maximum atomic E-state index is 12.7. The number of anilines is 1. The number of hydrogen-bond donors (Lipinski definition) is 0. The first-order valence-electron chi connectivity index (χ1n) is 10.7. The first-order chi connectivity index (χ1) is 14.7. The highest BCUT2D eigenvalue weighted by Gasteiger charge is 2.28. The minimum atomic E-state index is 0.116. The van der Waals surface area contributed by atoms with E-state index in [-0.39, 0.29) is 5.91 Å². The second-order valence-corrected chi connectivity index (χ2v) is 8.33. The van der Waals surface area contributed by atoms with E-state index >= 15 is 0 Å². The van der Waals surface area contributed by atoms with E-state index in [1.807, 2.05) is 47.4 Å². The molecule has 1 heterocycles. The lowest BCUT2D eigenvalue weighted by molar-refractivity contribution is -0.117. The van der Waals surface area contributed by atoms with Crippen LogP contribution in [0.1, 0.15) is 48.8 Å². The third-order valence-electron chi connectivity index (χ3n) is 6.21. The van der Waals surface area contributed by atoms with Crippen molar-refractivity contribution < 1.29 is 9.53 Å². The van der Waals surface area contributed by atoms with Gasteiger partial charge in [-0.05, 0) is 84.0 Å². The van der Waals surface area contributed by atoms with Gasteiger partial charge in [0.15, 0.2) is 0 Å². The van der Waals surface area contributed by atoms with E-state index in [9.17, 15) is 4.79 Å². The summed E-state index contributed by atoms with van der Waals surface area (Å²) in [6, 6.07) is 20.1. The quantitative estimate of drug-likeness (QED) is 0.584. The molecule has 3 aromatic rings. The van der Waals surface area contributed by atoms with Gasteiger partial charge < -0.3 is 9.64 Å². The third-order valence-corrected chi connectivity index (χ3v) is 6.21. The van der Waals surface area contributed by atoms with Gasteiger partial charge in [0.25, 0.3) is 0 Å². The molecule has 1 fully saturated rings. The zero-order valence-corrected chi connectivity index (χ0v) is 16.9. The van der Waals surface area contributed by atoms with Crippen LogP contribution in [0, 0.1) is 11.3 Å². The zero-order valence-electron chi connectivity index (χ0n) is 16.9. The summed E-state index contributed by atoms with van der Waals surface area (Å²) in [4.78, 5) is 14.6. The van der Waals surface area contributed by atoms with Crippen LogP contribution in [0.4, 0.5) is 5.69 Å². The van der Waals surface area contributed by atoms with E-state index < -0.39 is 0 Å². The van der Waals surface area contributed by atoms with Crippen molar-refractivity contribution in [2.45, 2.75) is 51.2 Å². The maximum absolute atomic E-state index is 12.7. The fraction of sp³-hybridized carbons (Fsp3) is 0.308. The van der Waals surface area contributed by atoms with Gasteiger partial charge in [-0.3, -0.25) is 4.79 Å². The molecular weight excluding hydrogens is 372 g/mol. The lowest BCUT2D eigenvalue weighted by Gasteiger charge is -2.23. The Labute approximate surface area is 176 Å². The van der Waals surface area contributed by atoms with Crippen molar-refractivity contribution >= 4 is 22.4 Å². The van der Waals surface area contributed by atoms with Crippen LogP contribution in [0.5, 0.6) is 5.75 Å². The SMILES string of the molecule is N#Cc1ccc2ccc(CN3C(=O)Cc4cc(OC5CCCCC5)ccc43)cc2c1. The number of ether oxygens (including phenoxy) is 1. The van der Waals surface area contributed by atoms with Crippen LogP contribution in [-0.4, -0.2) is 12.0 Å². The molecule has 0 bridgehead atoms. The highest BCUT2D eigenvalue weighted by molar-refractivity contribution is 6.01. The van der Waals surface area contributed by atoms with Crippen molar-refractivity contribution in [2.24, 2.45) is 0 Å². The summed E-state index contributed by atoms with van der Waals surface area (Å²) in [6.07, 6.45) is 6.76. The van der Waals surface area contributed by atoms with Crippen LogP contribution in [0.15, 0.2) is 54.6 Å². The largest absolute Gasteiger partial charge is 0.490 e. The van der Waals surface area contributed by atoms with E-state index in [1.165, 1.54) is 19.3 Å². The molecule has 3 aromatic carbocycles. The summed E-state index contributed by atoms with van der Waals surface area (Å²) in [7, 11) is 0. The van der Waals surface area contributed by atoms with Gasteiger partial charge >= 0.3 is 0 Å². The summed E-state index contributed by atoms with van der Waals surface area (Å²) in [5.41, 5.74) is 3.72. The van der Waals surface area contributed by atoms with E-state index in [4.69, 9.17) is 10.00 Å². The fourth-order valence-corrected chi connectivity index (χ4v) is 4.63. The number of carbonyl (C=O) groups is 1. The molecule has 0 atom stereocenters. The van der Waals surface area contributed by atoms with Crippen molar-refractivity contribution in [3.05, 3.63) is 71.3 Å². The first kappa shape index (κ1) is 18.7. The predicted octanol–water partition coefficient (Wildman–Crippen LogP) is 5.51. The van der Waals surface area contributed by atoms with Gasteiger partial charge in [-0.15, -0.1) is 0 Å². The van der Waals surface area contributed by atoms with Crippen molar-refractivity contribution in [3.63, 3.8) is 0 Å². The number of benzene rings is 3. The Morgan fingerprint density at radius 3 is 2.63 bits per heavy atom. The lowest BCUT2D eigenvalue weighted by atomic mass is 9.98. The molecule has 30 heavy (non-hydrogen) atoms. The molecule has 1 saturated carbocycles. The van der Waals surface area contributed by atoms with Crippen LogP contribution in [0.2, 0.25) is 0 Å². The Kier molecular flexibility index (Phi) is 4.88. The first-order valence-corrected chi connectivity index (χ1v) is 10.7. The molecule has 0 saturated heterocycles. The maximum Gasteiger partial charge on any atom is 0.231 e. The van der Waals surface area contributed by atoms with Gasteiger partial charge in [-0.2, -0.15) is 5.26 Å². The van der Waals surface area contributed by atoms with Crippen LogP contribution < -0.4 is 9.64 Å². The summed E-state index contributed by atoms with van der Waals surface area (Å²) >= 11 is 0. The Balaban J connectivity index is 1.37. The second kappa shape index (κ2) is 7.84. The second-order valence-electron chi connectivity index (χ2n) is 8.33. The van der Waals surface area contributed by atoms with Gasteiger partial charge in [0.2, 0.25) is 5.91 Å². The highest BCUT2D eigenvalue weighted by atomic mass is 16.5. The molecule has 1 aliphatic carbocycles. The van der Waals surface area contributed by atoms with Crippen molar-refractivity contribution in [2.75, 3.05) is 4.90 Å². The van der Waals surface area contributed by atoms with Crippen LogP contribution in [0.25, 0.3) is 10.8 Å². The molecule has 4 heteroatoms. The molecule has 5 rings (SSSR count). The summed E-state index contributed by atoms with van der Waals surface area (Å²) < 4.78 is 6.18. The molecule has 1 aliphatic heterocycles. The van der Waals surface area contributed by atoms with Crippen molar-refractivity contribution in [3.8, 4) is 11.8 Å². The number of nitrogens with zero attached hydrogens (tertiary/aromatic N) is 2. The highest BCUT2D eigenvalue weighted by Crippen LogP contribution is 2.34. The molecule has 0 N–H and O–H groups in total. The Morgan fingerprint density at radius 1 is 0.967 bits per heavy atom. The predicted molar refractivity (Wildman–Crippen MR) is 118 cm³/mol. The Morgan fingerprint density at radius 2 is 1.80 bits per heavy atom. The summed E-state index contributed by atoms with van der Waals surface area (Å²) in [6.45, 7) is 0.529. The van der Waals surface area contributed by atoms with E-state index in [0.29, 0.717) is 24.6 Å². The molecule has 2 aliphatic rings. The van der Waals surface area contributed by atoms with Gasteiger partial charge in [0, 0.05) is 5.69 Å². The normalized spacial score (nSPS) is 16.5. The average Bonchev–Trinajstić information content (AvgIpc) is 3.08. The van der Waals surface area contributed by atoms with Crippen LogP contribution >= 0.6 is 0 Å². The van der Waals surface area contributed by atoms with Gasteiger partial charge in [0.1, 0.15) is 5.75 Å². The van der Waals surface area contributed by atoms with Crippen LogP contribution in [-0.2, 0) is 17.8 Å². The van der Waals surface area contributed by atoms with Crippen molar-refractivity contribution in [1.82, 2.24) is 0 Å². The lowest BCUT2D eigenvalue weighted by Crippen LogP contribution is -2.25. The Hall–Kier alpha value is -3.32. The average molecular weight is 396 g/mol. The van der Waals surface area contributed by atoms with Gasteiger partial charge in [-0.25, -0.2) is 0 Å². The molecule has 1 amide bonds. The molecule has 150 valence electrons. The molecule has 0 spiro atoms. The van der Waals surface area contributed by atoms with Gasteiger partial charge in [0.05, 0.1) is 30.7 Å². The number of fused-ring (bicyclic) bond motifs is 2. The minimum absolute atomic E-state index is 0.116. The number of amides is 1. The van der Waals surface area contributed by atoms with Crippen molar-refractivity contribution in [1.29, 1.82) is 5.26 Å². The molecule has 0 radical (unpaired) electrons. The summed E-state index contributed by atoms with van der Waals surface area (Å²) in [5.74, 6) is 0.996. The number of carbonyl (C=O) groups excluding carboxylic acids is 1. The molecule has 4 nitrogen and oxygen atoms in total. The molecular formula is C26H24N2O2. The fourth-order valence-electron chi connectivity index (χ4n) is 4.63. The smallest absolute Gasteiger partial charge is 0.231 e. The standard InChI is InChI=1S/C26H24N2O2/c27-16-18-6-8-20-9-7-19(13-21(20)12-18)17-28-25-11-10-24(14-22(25)15-26(28)29)30-23-4-2-1-3-5-23/h6-14,23H,1-5,15,17H2. The summed E-state index contributed by atoms with van der Waals surface area (Å²) in [5, 5.41) is 11.3. The zero-order chi connectivity index (χ0) is 20.5. The topological polar surface area (TPSA) is 53.3 Å². The Bertz CT molecular complexity index is 1160. The number of rotatable bonds is 4. The third kappa shape index (κ3) is 3.64. The molecule has 0 unspecified atom stereocenters. The van der Waals surface area contributed by atoms with E-state index in [2.05, 4.69) is 18.2 Å². The van der Waals surface area contributed by atoms with Gasteiger partial charge in [-0.1, -0.05) is 24.6 Å². The van der Waals surface area contributed by atoms with E-state index in [1.54, 1.807) is 0 Å². The number of nitriles is 1. The monoisotopic (exact) mass is 396 g/mol. The minimum Gasteiger partial charge on any atom is -0.490 e.